The Morgan fingerprint density at radius 2 is 1.67 bits per heavy atom. The summed E-state index contributed by atoms with van der Waals surface area (Å²) in [5.41, 5.74) is 2.40. The van der Waals surface area contributed by atoms with Gasteiger partial charge in [-0.25, -0.2) is 0 Å². The van der Waals surface area contributed by atoms with E-state index in [1.54, 1.807) is 18.2 Å². The smallest absolute Gasteiger partial charge is 0.137 e. The number of rotatable bonds is 4. The summed E-state index contributed by atoms with van der Waals surface area (Å²) in [4.78, 5) is 0. The van der Waals surface area contributed by atoms with Crippen molar-refractivity contribution in [1.29, 1.82) is 5.26 Å². The fraction of sp³-hybridized carbons (Fsp3) is 0.133. The topological polar surface area (TPSA) is 53.2 Å². The van der Waals surface area contributed by atoms with Crippen LogP contribution in [0.25, 0.3) is 0 Å². The first kappa shape index (κ1) is 12.2. The molecule has 2 rings (SSSR count). The number of hydrogen-bond donors (Lipinski definition) is 1. The van der Waals surface area contributed by atoms with Crippen molar-refractivity contribution in [2.24, 2.45) is 0 Å². The fourth-order valence-corrected chi connectivity index (χ4v) is 1.59. The van der Waals surface area contributed by atoms with Crippen LogP contribution in [-0.4, -0.2) is 5.11 Å². The molecule has 0 atom stereocenters. The Kier molecular flexibility index (Phi) is 3.95. The highest BCUT2D eigenvalue weighted by atomic mass is 16.5. The highest BCUT2D eigenvalue weighted by Crippen LogP contribution is 2.18. The molecule has 0 aliphatic rings. The van der Waals surface area contributed by atoms with Crippen molar-refractivity contribution < 1.29 is 9.84 Å². The lowest BCUT2D eigenvalue weighted by molar-refractivity contribution is 0.281. The van der Waals surface area contributed by atoms with Crippen LogP contribution in [0.1, 0.15) is 16.7 Å². The molecule has 0 aliphatic heterocycles. The van der Waals surface area contributed by atoms with E-state index in [2.05, 4.69) is 6.07 Å². The molecular weight excluding hydrogens is 226 g/mol. The molecule has 0 saturated heterocycles. The minimum atomic E-state index is 0.0401. The molecule has 3 nitrogen and oxygen atoms in total. The lowest BCUT2D eigenvalue weighted by Gasteiger charge is -2.08. The second-order valence-corrected chi connectivity index (χ2v) is 3.87. The molecule has 18 heavy (non-hydrogen) atoms. The van der Waals surface area contributed by atoms with Crippen molar-refractivity contribution >= 4 is 0 Å². The van der Waals surface area contributed by atoms with Crippen LogP contribution in [0.2, 0.25) is 0 Å². The van der Waals surface area contributed by atoms with E-state index >= 15 is 0 Å². The Balaban J connectivity index is 2.05. The maximum absolute atomic E-state index is 8.94. The number of hydrogen-bond acceptors (Lipinski definition) is 3. The molecule has 90 valence electrons. The normalized spacial score (nSPS) is 9.78. The van der Waals surface area contributed by atoms with Crippen LogP contribution in [0, 0.1) is 11.3 Å². The molecule has 0 aliphatic carbocycles. The zero-order valence-electron chi connectivity index (χ0n) is 9.84. The Bertz CT molecular complexity index is 555. The van der Waals surface area contributed by atoms with Crippen LogP contribution in [0.4, 0.5) is 0 Å². The van der Waals surface area contributed by atoms with E-state index in [4.69, 9.17) is 15.1 Å². The second kappa shape index (κ2) is 5.85. The quantitative estimate of drug-likeness (QED) is 0.892. The van der Waals surface area contributed by atoms with Crippen molar-refractivity contribution in [2.75, 3.05) is 0 Å². The molecule has 0 spiro atoms. The number of ether oxygens (including phenoxy) is 1. The third-order valence-corrected chi connectivity index (χ3v) is 2.61. The SMILES string of the molecule is N#Cc1ccccc1OCc1ccc(CO)cc1. The van der Waals surface area contributed by atoms with E-state index in [1.807, 2.05) is 30.3 Å². The predicted molar refractivity (Wildman–Crippen MR) is 67.9 cm³/mol. The van der Waals surface area contributed by atoms with Gasteiger partial charge in [-0.05, 0) is 23.3 Å². The minimum Gasteiger partial charge on any atom is -0.488 e. The van der Waals surface area contributed by atoms with Gasteiger partial charge in [-0.2, -0.15) is 5.26 Å². The van der Waals surface area contributed by atoms with E-state index in [9.17, 15) is 0 Å². The van der Waals surface area contributed by atoms with Gasteiger partial charge in [-0.3, -0.25) is 0 Å². The summed E-state index contributed by atoms with van der Waals surface area (Å²) in [7, 11) is 0. The van der Waals surface area contributed by atoms with Gasteiger partial charge >= 0.3 is 0 Å². The molecule has 0 radical (unpaired) electrons. The van der Waals surface area contributed by atoms with Gasteiger partial charge in [0.25, 0.3) is 0 Å². The van der Waals surface area contributed by atoms with E-state index in [0.29, 0.717) is 17.9 Å². The molecule has 0 aromatic heterocycles. The highest BCUT2D eigenvalue weighted by molar-refractivity contribution is 5.42. The summed E-state index contributed by atoms with van der Waals surface area (Å²) < 4.78 is 5.60. The lowest BCUT2D eigenvalue weighted by Crippen LogP contribution is -1.97. The molecule has 0 heterocycles. The van der Waals surface area contributed by atoms with Crippen molar-refractivity contribution in [3.05, 3.63) is 65.2 Å². The lowest BCUT2D eigenvalue weighted by atomic mass is 10.1. The van der Waals surface area contributed by atoms with Crippen LogP contribution in [-0.2, 0) is 13.2 Å². The number of benzene rings is 2. The first-order valence-corrected chi connectivity index (χ1v) is 5.64. The third-order valence-electron chi connectivity index (χ3n) is 2.61. The van der Waals surface area contributed by atoms with Crippen molar-refractivity contribution in [1.82, 2.24) is 0 Å². The number of para-hydroxylation sites is 1. The summed E-state index contributed by atoms with van der Waals surface area (Å²) in [5.74, 6) is 0.589. The molecular formula is C15H13NO2. The minimum absolute atomic E-state index is 0.0401. The zero-order valence-corrected chi connectivity index (χ0v) is 9.84. The van der Waals surface area contributed by atoms with Crippen LogP contribution >= 0.6 is 0 Å². The monoisotopic (exact) mass is 239 g/mol. The molecule has 2 aromatic rings. The number of aliphatic hydroxyl groups excluding tert-OH is 1. The first-order chi connectivity index (χ1) is 8.83. The molecule has 0 amide bonds. The highest BCUT2D eigenvalue weighted by Gasteiger charge is 2.02. The Morgan fingerprint density at radius 3 is 2.33 bits per heavy atom. The maximum atomic E-state index is 8.94. The van der Waals surface area contributed by atoms with E-state index in [0.717, 1.165) is 11.1 Å². The molecule has 0 bridgehead atoms. The van der Waals surface area contributed by atoms with Crippen molar-refractivity contribution in [3.63, 3.8) is 0 Å². The van der Waals surface area contributed by atoms with Crippen LogP contribution in [0.3, 0.4) is 0 Å². The van der Waals surface area contributed by atoms with Gasteiger partial charge in [0.05, 0.1) is 12.2 Å². The zero-order chi connectivity index (χ0) is 12.8. The van der Waals surface area contributed by atoms with Crippen molar-refractivity contribution in [3.8, 4) is 11.8 Å². The van der Waals surface area contributed by atoms with Gasteiger partial charge in [0.1, 0.15) is 18.4 Å². The molecule has 1 N–H and O–H groups in total. The average molecular weight is 239 g/mol. The summed E-state index contributed by atoms with van der Waals surface area (Å²) in [5, 5.41) is 17.9. The number of aliphatic hydroxyl groups is 1. The maximum Gasteiger partial charge on any atom is 0.137 e. The summed E-state index contributed by atoms with van der Waals surface area (Å²) in [6, 6.07) is 16.8. The predicted octanol–water partition coefficient (Wildman–Crippen LogP) is 2.63. The molecule has 0 saturated carbocycles. The van der Waals surface area contributed by atoms with Crippen molar-refractivity contribution in [2.45, 2.75) is 13.2 Å². The average Bonchev–Trinajstić information content (AvgIpc) is 2.46. The Labute approximate surface area is 106 Å². The first-order valence-electron chi connectivity index (χ1n) is 5.64. The van der Waals surface area contributed by atoms with Gasteiger partial charge in [0, 0.05) is 0 Å². The summed E-state index contributed by atoms with van der Waals surface area (Å²) in [6.45, 7) is 0.447. The van der Waals surface area contributed by atoms with Gasteiger partial charge in [-0.15, -0.1) is 0 Å². The summed E-state index contributed by atoms with van der Waals surface area (Å²) >= 11 is 0. The van der Waals surface area contributed by atoms with Gasteiger partial charge in [-0.1, -0.05) is 36.4 Å². The van der Waals surface area contributed by atoms with Gasteiger partial charge in [0.15, 0.2) is 0 Å². The third kappa shape index (κ3) is 2.88. The van der Waals surface area contributed by atoms with E-state index in [1.165, 1.54) is 0 Å². The van der Waals surface area contributed by atoms with Gasteiger partial charge < -0.3 is 9.84 Å². The molecule has 3 heteroatoms. The second-order valence-electron chi connectivity index (χ2n) is 3.87. The Hall–Kier alpha value is -2.31. The Morgan fingerprint density at radius 1 is 1.00 bits per heavy atom. The van der Waals surface area contributed by atoms with Crippen LogP contribution in [0.5, 0.6) is 5.75 Å². The van der Waals surface area contributed by atoms with E-state index in [-0.39, 0.29) is 6.61 Å². The molecule has 0 fully saturated rings. The van der Waals surface area contributed by atoms with E-state index < -0.39 is 0 Å². The standard InChI is InChI=1S/C15H13NO2/c16-9-14-3-1-2-4-15(14)18-11-13-7-5-12(10-17)6-8-13/h1-8,17H,10-11H2. The number of nitrogens with zero attached hydrogens (tertiary/aromatic N) is 1. The van der Waals surface area contributed by atoms with Gasteiger partial charge in [0.2, 0.25) is 0 Å². The number of nitriles is 1. The molecule has 2 aromatic carbocycles. The largest absolute Gasteiger partial charge is 0.488 e. The summed E-state index contributed by atoms with van der Waals surface area (Å²) in [6.07, 6.45) is 0. The molecule has 0 unspecified atom stereocenters. The fourth-order valence-electron chi connectivity index (χ4n) is 1.59. The van der Waals surface area contributed by atoms with Crippen LogP contribution in [0.15, 0.2) is 48.5 Å². The van der Waals surface area contributed by atoms with Crippen LogP contribution < -0.4 is 4.74 Å².